The molecule has 0 amide bonds. The van der Waals surface area contributed by atoms with Crippen LogP contribution in [0.4, 0.5) is 4.39 Å². The first-order chi connectivity index (χ1) is 13.7. The summed E-state index contributed by atoms with van der Waals surface area (Å²) < 4.78 is 14.4. The molecule has 0 aliphatic rings. The molecule has 0 nitrogen and oxygen atoms in total. The van der Waals surface area contributed by atoms with E-state index in [9.17, 15) is 4.39 Å². The van der Waals surface area contributed by atoms with E-state index in [1.165, 1.54) is 11.6 Å². The quantitative estimate of drug-likeness (QED) is 0.484. The van der Waals surface area contributed by atoms with Crippen molar-refractivity contribution in [2.24, 2.45) is 0 Å². The molecule has 3 aromatic carbocycles. The maximum Gasteiger partial charge on any atom is 0.140 e. The van der Waals surface area contributed by atoms with Gasteiger partial charge in [0.1, 0.15) is 5.82 Å². The van der Waals surface area contributed by atoms with Crippen molar-refractivity contribution in [1.29, 1.82) is 0 Å². The SMILES string of the molecule is C=Cc1ccc(C#Cc2ccc(C#Cc3ccc(CCC)cc3)c(F)c2)cc1. The van der Waals surface area contributed by atoms with E-state index in [1.54, 1.807) is 18.2 Å². The summed E-state index contributed by atoms with van der Waals surface area (Å²) in [4.78, 5) is 0. The third-order valence-electron chi connectivity index (χ3n) is 4.30. The lowest BCUT2D eigenvalue weighted by Gasteiger charge is -1.98. The molecule has 0 fully saturated rings. The summed E-state index contributed by atoms with van der Waals surface area (Å²) in [7, 11) is 0. The Morgan fingerprint density at radius 2 is 1.36 bits per heavy atom. The van der Waals surface area contributed by atoms with Gasteiger partial charge in [0.15, 0.2) is 0 Å². The molecule has 3 rings (SSSR count). The third kappa shape index (κ3) is 5.23. The fraction of sp³-hybridized carbons (Fsp3) is 0.111. The van der Waals surface area contributed by atoms with Gasteiger partial charge < -0.3 is 0 Å². The Labute approximate surface area is 166 Å². The molecular formula is C27H21F. The first-order valence-corrected chi connectivity index (χ1v) is 9.33. The normalized spacial score (nSPS) is 9.64. The van der Waals surface area contributed by atoms with Gasteiger partial charge in [0.25, 0.3) is 0 Å². The summed E-state index contributed by atoms with van der Waals surface area (Å²) in [5.41, 5.74) is 5.09. The maximum absolute atomic E-state index is 14.4. The summed E-state index contributed by atoms with van der Waals surface area (Å²) >= 11 is 0. The van der Waals surface area contributed by atoms with E-state index in [-0.39, 0.29) is 5.82 Å². The monoisotopic (exact) mass is 364 g/mol. The minimum absolute atomic E-state index is 0.357. The molecule has 0 radical (unpaired) electrons. The number of rotatable bonds is 3. The van der Waals surface area contributed by atoms with Gasteiger partial charge in [0, 0.05) is 16.7 Å². The van der Waals surface area contributed by atoms with E-state index in [0.29, 0.717) is 11.1 Å². The molecule has 1 heteroatoms. The molecule has 0 N–H and O–H groups in total. The minimum Gasteiger partial charge on any atom is -0.206 e. The van der Waals surface area contributed by atoms with E-state index in [2.05, 4.69) is 49.3 Å². The van der Waals surface area contributed by atoms with Gasteiger partial charge in [-0.3, -0.25) is 0 Å². The fourth-order valence-corrected chi connectivity index (χ4v) is 2.72. The lowest BCUT2D eigenvalue weighted by Crippen LogP contribution is -1.87. The van der Waals surface area contributed by atoms with Crippen LogP contribution in [0.15, 0.2) is 73.3 Å². The van der Waals surface area contributed by atoms with Crippen LogP contribution in [0.5, 0.6) is 0 Å². The molecule has 0 spiro atoms. The maximum atomic E-state index is 14.4. The molecule has 0 unspecified atom stereocenters. The van der Waals surface area contributed by atoms with Crippen molar-refractivity contribution in [2.45, 2.75) is 19.8 Å². The fourth-order valence-electron chi connectivity index (χ4n) is 2.72. The molecule has 3 aromatic rings. The number of benzene rings is 3. The first-order valence-electron chi connectivity index (χ1n) is 9.33. The summed E-state index contributed by atoms with van der Waals surface area (Å²) in [6, 6.07) is 20.8. The van der Waals surface area contributed by atoms with Crippen LogP contribution in [0.1, 0.15) is 46.7 Å². The predicted molar refractivity (Wildman–Crippen MR) is 115 cm³/mol. The first kappa shape index (κ1) is 19.2. The lowest BCUT2D eigenvalue weighted by molar-refractivity contribution is 0.624. The highest BCUT2D eigenvalue weighted by molar-refractivity contribution is 5.52. The van der Waals surface area contributed by atoms with Crippen LogP contribution in [0.2, 0.25) is 0 Å². The highest BCUT2D eigenvalue weighted by atomic mass is 19.1. The average molecular weight is 364 g/mol. The zero-order valence-electron chi connectivity index (χ0n) is 15.9. The Balaban J connectivity index is 1.74. The van der Waals surface area contributed by atoms with E-state index in [0.717, 1.165) is 29.5 Å². The van der Waals surface area contributed by atoms with Crippen molar-refractivity contribution in [3.63, 3.8) is 0 Å². The third-order valence-corrected chi connectivity index (χ3v) is 4.30. The van der Waals surface area contributed by atoms with Crippen molar-refractivity contribution in [1.82, 2.24) is 0 Å². The molecule has 0 aliphatic heterocycles. The summed E-state index contributed by atoms with van der Waals surface area (Å²) in [6.07, 6.45) is 3.96. The summed E-state index contributed by atoms with van der Waals surface area (Å²) in [5.74, 6) is 11.6. The van der Waals surface area contributed by atoms with Crippen molar-refractivity contribution in [3.05, 3.63) is 113 Å². The Kier molecular flexibility index (Phi) is 6.46. The molecule has 0 aliphatic carbocycles. The van der Waals surface area contributed by atoms with Crippen LogP contribution < -0.4 is 0 Å². The van der Waals surface area contributed by atoms with Gasteiger partial charge in [-0.15, -0.1) is 0 Å². The van der Waals surface area contributed by atoms with E-state index < -0.39 is 0 Å². The van der Waals surface area contributed by atoms with E-state index in [4.69, 9.17) is 0 Å². The van der Waals surface area contributed by atoms with Crippen molar-refractivity contribution in [3.8, 4) is 23.7 Å². The second-order valence-corrected chi connectivity index (χ2v) is 6.47. The molecule has 0 atom stereocenters. The van der Waals surface area contributed by atoms with Crippen LogP contribution in [-0.2, 0) is 6.42 Å². The van der Waals surface area contributed by atoms with E-state index in [1.807, 2.05) is 36.4 Å². The van der Waals surface area contributed by atoms with Gasteiger partial charge in [-0.05, 0) is 60.0 Å². The van der Waals surface area contributed by atoms with Gasteiger partial charge in [-0.25, -0.2) is 4.39 Å². The summed E-state index contributed by atoms with van der Waals surface area (Å²) in [5, 5.41) is 0. The number of aryl methyl sites for hydroxylation is 1. The van der Waals surface area contributed by atoms with Crippen molar-refractivity contribution < 1.29 is 4.39 Å². The molecule has 0 aromatic heterocycles. The Hall–Kier alpha value is -3.55. The van der Waals surface area contributed by atoms with Gasteiger partial charge in [-0.2, -0.15) is 0 Å². The van der Waals surface area contributed by atoms with Gasteiger partial charge in [0.05, 0.1) is 5.56 Å². The minimum atomic E-state index is -0.357. The average Bonchev–Trinajstić information content (AvgIpc) is 2.73. The standard InChI is InChI=1S/C27H21F/c1-3-5-22-10-12-24(13-11-22)16-18-26-19-17-25(20-27(26)28)15-14-23-8-6-21(4-2)7-9-23/h4,6-13,17,19-20H,2-3,5H2,1H3. The molecule has 0 heterocycles. The smallest absolute Gasteiger partial charge is 0.140 e. The number of hydrogen-bond acceptors (Lipinski definition) is 0. The highest BCUT2D eigenvalue weighted by Crippen LogP contribution is 2.11. The van der Waals surface area contributed by atoms with Gasteiger partial charge in [0.2, 0.25) is 0 Å². The molecule has 0 saturated heterocycles. The highest BCUT2D eigenvalue weighted by Gasteiger charge is 2.00. The zero-order chi connectivity index (χ0) is 19.8. The topological polar surface area (TPSA) is 0 Å². The molecule has 136 valence electrons. The Bertz CT molecular complexity index is 1080. The van der Waals surface area contributed by atoms with E-state index >= 15 is 0 Å². The molecule has 28 heavy (non-hydrogen) atoms. The second kappa shape index (κ2) is 9.40. The van der Waals surface area contributed by atoms with Crippen LogP contribution in [-0.4, -0.2) is 0 Å². The largest absolute Gasteiger partial charge is 0.206 e. The second-order valence-electron chi connectivity index (χ2n) is 6.47. The van der Waals surface area contributed by atoms with Crippen molar-refractivity contribution in [2.75, 3.05) is 0 Å². The molecule has 0 saturated carbocycles. The molecule has 0 bridgehead atoms. The van der Waals surface area contributed by atoms with Crippen LogP contribution in [0.3, 0.4) is 0 Å². The van der Waals surface area contributed by atoms with Gasteiger partial charge >= 0.3 is 0 Å². The van der Waals surface area contributed by atoms with Crippen LogP contribution in [0, 0.1) is 29.5 Å². The molecular weight excluding hydrogens is 343 g/mol. The van der Waals surface area contributed by atoms with Gasteiger partial charge in [-0.1, -0.05) is 73.9 Å². The predicted octanol–water partition coefficient (Wildman–Crippen LogP) is 6.22. The number of halogens is 1. The van der Waals surface area contributed by atoms with Crippen molar-refractivity contribution >= 4 is 6.08 Å². The van der Waals surface area contributed by atoms with Crippen LogP contribution >= 0.6 is 0 Å². The summed E-state index contributed by atoms with van der Waals surface area (Å²) in [6.45, 7) is 5.88. The Morgan fingerprint density at radius 1 is 0.786 bits per heavy atom. The Morgan fingerprint density at radius 3 is 1.96 bits per heavy atom. The number of hydrogen-bond donors (Lipinski definition) is 0. The van der Waals surface area contributed by atoms with Crippen LogP contribution in [0.25, 0.3) is 6.08 Å². The lowest BCUT2D eigenvalue weighted by atomic mass is 10.1. The zero-order valence-corrected chi connectivity index (χ0v) is 15.9.